The van der Waals surface area contributed by atoms with Crippen LogP contribution >= 0.6 is 0 Å². The molecule has 0 saturated carbocycles. The van der Waals surface area contributed by atoms with E-state index in [0.717, 1.165) is 29.8 Å². The van der Waals surface area contributed by atoms with E-state index in [-0.39, 0.29) is 24.7 Å². The maximum Gasteiger partial charge on any atom is 0.226 e. The number of carbonyl (C=O) groups is 2. The Balaban J connectivity index is 1.47. The molecule has 0 radical (unpaired) electrons. The minimum atomic E-state index is -0.590. The monoisotopic (exact) mass is 441 g/mol. The summed E-state index contributed by atoms with van der Waals surface area (Å²) in [5.74, 6) is -0.266. The van der Waals surface area contributed by atoms with E-state index in [0.29, 0.717) is 0 Å². The number of nitrogens with zero attached hydrogens (tertiary/aromatic N) is 1. The van der Waals surface area contributed by atoms with Gasteiger partial charge in [0.1, 0.15) is 6.17 Å². The molecule has 4 rings (SSSR count). The van der Waals surface area contributed by atoms with Gasteiger partial charge in [-0.2, -0.15) is 0 Å². The van der Waals surface area contributed by atoms with Gasteiger partial charge in [-0.25, -0.2) is 0 Å². The van der Waals surface area contributed by atoms with E-state index in [1.807, 2.05) is 72.8 Å². The highest BCUT2D eigenvalue weighted by molar-refractivity contribution is 5.82. The van der Waals surface area contributed by atoms with E-state index < -0.39 is 6.17 Å². The second-order valence-corrected chi connectivity index (χ2v) is 8.53. The predicted octanol–water partition coefficient (Wildman–Crippen LogP) is 4.39. The van der Waals surface area contributed by atoms with Gasteiger partial charge in [0.05, 0.1) is 12.8 Å². The Labute approximate surface area is 195 Å². The standard InChI is InChI=1S/C28H31N3O2/c32-26(20-22-10-4-1-5-11-22)29-28(30-27(33)21-23-12-6-2-7-13-23)24-14-16-25(17-15-24)31-18-8-3-9-19-31/h1-2,4-7,10-17,28H,3,8-9,18-21H2,(H,29,32)(H,30,33). The van der Waals surface area contributed by atoms with Crippen LogP contribution < -0.4 is 15.5 Å². The third-order valence-electron chi connectivity index (χ3n) is 5.97. The van der Waals surface area contributed by atoms with Crippen LogP contribution in [0.15, 0.2) is 84.9 Å². The second-order valence-electron chi connectivity index (χ2n) is 8.53. The molecule has 1 aliphatic heterocycles. The highest BCUT2D eigenvalue weighted by atomic mass is 16.2. The molecule has 5 heteroatoms. The average Bonchev–Trinajstić information content (AvgIpc) is 2.85. The van der Waals surface area contributed by atoms with Gasteiger partial charge in [-0.1, -0.05) is 72.8 Å². The molecule has 5 nitrogen and oxygen atoms in total. The van der Waals surface area contributed by atoms with Crippen LogP contribution in [-0.2, 0) is 22.4 Å². The van der Waals surface area contributed by atoms with Gasteiger partial charge in [0.15, 0.2) is 0 Å². The van der Waals surface area contributed by atoms with Gasteiger partial charge in [0.25, 0.3) is 0 Å². The molecule has 0 aliphatic carbocycles. The number of nitrogens with one attached hydrogen (secondary N) is 2. The summed E-state index contributed by atoms with van der Waals surface area (Å²) in [6.45, 7) is 2.15. The van der Waals surface area contributed by atoms with Crippen molar-refractivity contribution in [2.45, 2.75) is 38.3 Å². The maximum absolute atomic E-state index is 12.8. The molecule has 1 saturated heterocycles. The van der Waals surface area contributed by atoms with E-state index in [9.17, 15) is 9.59 Å². The molecule has 3 aromatic carbocycles. The molecule has 0 aromatic heterocycles. The first kappa shape index (κ1) is 22.6. The molecular formula is C28H31N3O2. The Morgan fingerprint density at radius 2 is 1.15 bits per heavy atom. The van der Waals surface area contributed by atoms with Crippen LogP contribution in [0.2, 0.25) is 0 Å². The number of anilines is 1. The van der Waals surface area contributed by atoms with Crippen molar-refractivity contribution in [3.63, 3.8) is 0 Å². The lowest BCUT2D eigenvalue weighted by molar-refractivity contribution is -0.123. The number of rotatable bonds is 8. The van der Waals surface area contributed by atoms with Crippen LogP contribution in [0.5, 0.6) is 0 Å². The molecule has 1 heterocycles. The molecule has 33 heavy (non-hydrogen) atoms. The molecule has 0 spiro atoms. The lowest BCUT2D eigenvalue weighted by atomic mass is 10.1. The fourth-order valence-corrected chi connectivity index (χ4v) is 4.22. The van der Waals surface area contributed by atoms with Crippen molar-refractivity contribution >= 4 is 17.5 Å². The average molecular weight is 442 g/mol. The third-order valence-corrected chi connectivity index (χ3v) is 5.97. The van der Waals surface area contributed by atoms with E-state index in [1.165, 1.54) is 24.9 Å². The maximum atomic E-state index is 12.8. The topological polar surface area (TPSA) is 61.4 Å². The zero-order valence-corrected chi connectivity index (χ0v) is 18.9. The molecule has 170 valence electrons. The van der Waals surface area contributed by atoms with Gasteiger partial charge in [0.2, 0.25) is 11.8 Å². The Bertz CT molecular complexity index is 974. The van der Waals surface area contributed by atoms with Crippen molar-refractivity contribution in [2.75, 3.05) is 18.0 Å². The van der Waals surface area contributed by atoms with Crippen LogP contribution in [0.25, 0.3) is 0 Å². The van der Waals surface area contributed by atoms with Crippen molar-refractivity contribution < 1.29 is 9.59 Å². The Morgan fingerprint density at radius 3 is 1.64 bits per heavy atom. The van der Waals surface area contributed by atoms with Gasteiger partial charge in [-0.05, 0) is 48.1 Å². The van der Waals surface area contributed by atoms with Crippen molar-refractivity contribution in [1.82, 2.24) is 10.6 Å². The SMILES string of the molecule is O=C(Cc1ccccc1)NC(NC(=O)Cc1ccccc1)c1ccc(N2CCCCC2)cc1. The number of carbonyl (C=O) groups excluding carboxylic acids is 2. The van der Waals surface area contributed by atoms with Gasteiger partial charge in [0, 0.05) is 18.8 Å². The minimum absolute atomic E-state index is 0.133. The summed E-state index contributed by atoms with van der Waals surface area (Å²) in [4.78, 5) is 28.0. The molecule has 1 fully saturated rings. The lowest BCUT2D eigenvalue weighted by Crippen LogP contribution is -2.42. The molecule has 2 N–H and O–H groups in total. The first-order chi connectivity index (χ1) is 16.2. The normalized spacial score (nSPS) is 13.5. The molecular weight excluding hydrogens is 410 g/mol. The van der Waals surface area contributed by atoms with Crippen molar-refractivity contribution in [2.24, 2.45) is 0 Å². The van der Waals surface area contributed by atoms with E-state index in [2.05, 4.69) is 27.7 Å². The van der Waals surface area contributed by atoms with Gasteiger partial charge in [-0.15, -0.1) is 0 Å². The highest BCUT2D eigenvalue weighted by Crippen LogP contribution is 2.22. The summed E-state index contributed by atoms with van der Waals surface area (Å²) in [6.07, 6.45) is 3.66. The number of benzene rings is 3. The van der Waals surface area contributed by atoms with E-state index in [1.54, 1.807) is 0 Å². The van der Waals surface area contributed by atoms with Gasteiger partial charge >= 0.3 is 0 Å². The first-order valence-electron chi connectivity index (χ1n) is 11.7. The highest BCUT2D eigenvalue weighted by Gasteiger charge is 2.19. The molecule has 0 atom stereocenters. The number of piperidine rings is 1. The van der Waals surface area contributed by atoms with Gasteiger partial charge < -0.3 is 15.5 Å². The first-order valence-corrected chi connectivity index (χ1v) is 11.7. The Morgan fingerprint density at radius 1 is 0.667 bits per heavy atom. The fourth-order valence-electron chi connectivity index (χ4n) is 4.22. The van der Waals surface area contributed by atoms with Crippen molar-refractivity contribution in [3.8, 4) is 0 Å². The summed E-state index contributed by atoms with van der Waals surface area (Å²) >= 11 is 0. The summed E-state index contributed by atoms with van der Waals surface area (Å²) < 4.78 is 0. The minimum Gasteiger partial charge on any atom is -0.372 e. The molecule has 0 unspecified atom stereocenters. The van der Waals surface area contributed by atoms with Crippen LogP contribution in [0.4, 0.5) is 5.69 Å². The quantitative estimate of drug-likeness (QED) is 0.510. The smallest absolute Gasteiger partial charge is 0.226 e. The summed E-state index contributed by atoms with van der Waals surface area (Å²) in [5, 5.41) is 6.03. The third kappa shape index (κ3) is 6.69. The largest absolute Gasteiger partial charge is 0.372 e. The van der Waals surface area contributed by atoms with Crippen molar-refractivity contribution in [3.05, 3.63) is 102 Å². The van der Waals surface area contributed by atoms with Crippen molar-refractivity contribution in [1.29, 1.82) is 0 Å². The summed E-state index contributed by atoms with van der Waals surface area (Å²) in [7, 11) is 0. The molecule has 0 bridgehead atoms. The number of amides is 2. The summed E-state index contributed by atoms with van der Waals surface area (Å²) in [6, 6.07) is 27.4. The lowest BCUT2D eigenvalue weighted by Gasteiger charge is -2.29. The van der Waals surface area contributed by atoms with Crippen LogP contribution in [0.3, 0.4) is 0 Å². The fraction of sp³-hybridized carbons (Fsp3) is 0.286. The van der Waals surface area contributed by atoms with Crippen LogP contribution in [-0.4, -0.2) is 24.9 Å². The summed E-state index contributed by atoms with van der Waals surface area (Å²) in [5.41, 5.74) is 3.91. The number of hydrogen-bond acceptors (Lipinski definition) is 3. The molecule has 2 amide bonds. The van der Waals surface area contributed by atoms with Crippen LogP contribution in [0.1, 0.15) is 42.1 Å². The number of hydrogen-bond donors (Lipinski definition) is 2. The van der Waals surface area contributed by atoms with Crippen LogP contribution in [0, 0.1) is 0 Å². The van der Waals surface area contributed by atoms with E-state index >= 15 is 0 Å². The molecule has 3 aromatic rings. The second kappa shape index (κ2) is 11.3. The predicted molar refractivity (Wildman–Crippen MR) is 132 cm³/mol. The Kier molecular flexibility index (Phi) is 7.75. The Hall–Kier alpha value is -3.60. The zero-order valence-electron chi connectivity index (χ0n) is 18.9. The zero-order chi connectivity index (χ0) is 22.9. The molecule has 1 aliphatic rings. The van der Waals surface area contributed by atoms with E-state index in [4.69, 9.17) is 0 Å². The van der Waals surface area contributed by atoms with Gasteiger partial charge in [-0.3, -0.25) is 9.59 Å².